The van der Waals surface area contributed by atoms with Gasteiger partial charge in [0.15, 0.2) is 5.82 Å². The number of halogens is 2. The third-order valence-corrected chi connectivity index (χ3v) is 3.69. The zero-order valence-corrected chi connectivity index (χ0v) is 12.2. The van der Waals surface area contributed by atoms with Crippen molar-refractivity contribution in [2.45, 2.75) is 19.9 Å². The van der Waals surface area contributed by atoms with Crippen molar-refractivity contribution in [2.24, 2.45) is 0 Å². The van der Waals surface area contributed by atoms with Gasteiger partial charge in [-0.15, -0.1) is 0 Å². The number of nitro benzene ring substituents is 1. The summed E-state index contributed by atoms with van der Waals surface area (Å²) in [6.07, 6.45) is 0. The molecule has 1 rings (SSSR count). The molecule has 0 radical (unpaired) electrons. The van der Waals surface area contributed by atoms with Crippen LogP contribution in [0.3, 0.4) is 0 Å². The number of nitrogens with zero attached hydrogens (tertiary/aromatic N) is 1. The number of hydrogen-bond donors (Lipinski definition) is 2. The molecule has 0 saturated heterocycles. The Labute approximate surface area is 120 Å². The van der Waals surface area contributed by atoms with E-state index in [2.05, 4.69) is 5.32 Å². The maximum Gasteiger partial charge on any atom is 0.307 e. The summed E-state index contributed by atoms with van der Waals surface area (Å²) in [7, 11) is -3.91. The second-order valence-electron chi connectivity index (χ2n) is 4.57. The van der Waals surface area contributed by atoms with Crippen LogP contribution in [0.25, 0.3) is 0 Å². The maximum absolute atomic E-state index is 13.5. The first-order valence-corrected chi connectivity index (χ1v) is 7.65. The van der Waals surface area contributed by atoms with Gasteiger partial charge in [-0.3, -0.25) is 14.8 Å². The van der Waals surface area contributed by atoms with E-state index in [1.807, 2.05) is 18.6 Å². The second kappa shape index (κ2) is 6.76. The van der Waals surface area contributed by atoms with Gasteiger partial charge in [0.1, 0.15) is 0 Å². The van der Waals surface area contributed by atoms with Crippen LogP contribution in [0, 0.1) is 21.7 Å². The van der Waals surface area contributed by atoms with Gasteiger partial charge in [0.25, 0.3) is 0 Å². The lowest BCUT2D eigenvalue weighted by molar-refractivity contribution is -0.387. The molecule has 0 spiro atoms. The Bertz CT molecular complexity index is 635. The molecule has 10 heteroatoms. The first-order chi connectivity index (χ1) is 9.62. The van der Waals surface area contributed by atoms with Gasteiger partial charge in [-0.05, 0) is 0 Å². The van der Waals surface area contributed by atoms with Crippen molar-refractivity contribution in [3.63, 3.8) is 0 Å². The molecule has 0 heterocycles. The molecule has 0 atom stereocenters. The van der Waals surface area contributed by atoms with Gasteiger partial charge in [0.2, 0.25) is 15.8 Å². The highest BCUT2D eigenvalue weighted by atomic mass is 32.2. The Hall–Kier alpha value is -1.81. The Morgan fingerprint density at radius 2 is 1.90 bits per heavy atom. The molecular weight excluding hydrogens is 308 g/mol. The highest BCUT2D eigenvalue weighted by Gasteiger charge is 2.21. The van der Waals surface area contributed by atoms with Crippen molar-refractivity contribution >= 4 is 21.4 Å². The van der Waals surface area contributed by atoms with E-state index in [9.17, 15) is 27.3 Å². The van der Waals surface area contributed by atoms with Crippen LogP contribution < -0.4 is 10.0 Å². The van der Waals surface area contributed by atoms with Gasteiger partial charge < -0.3 is 5.32 Å². The molecule has 0 bridgehead atoms. The number of sulfonamides is 1. The first-order valence-electron chi connectivity index (χ1n) is 5.99. The van der Waals surface area contributed by atoms with Crippen LogP contribution in [0.15, 0.2) is 12.1 Å². The van der Waals surface area contributed by atoms with Gasteiger partial charge in [0.05, 0.1) is 16.4 Å². The summed E-state index contributed by atoms with van der Waals surface area (Å²) in [5, 5.41) is 13.4. The zero-order chi connectivity index (χ0) is 16.2. The summed E-state index contributed by atoms with van der Waals surface area (Å²) in [4.78, 5) is 9.49. The largest absolute Gasteiger partial charge is 0.313 e. The van der Waals surface area contributed by atoms with Crippen molar-refractivity contribution in [1.29, 1.82) is 0 Å². The Morgan fingerprint density at radius 1 is 1.29 bits per heavy atom. The molecule has 118 valence electrons. The summed E-state index contributed by atoms with van der Waals surface area (Å²) in [5.74, 6) is -2.95. The fourth-order valence-electron chi connectivity index (χ4n) is 1.46. The predicted octanol–water partition coefficient (Wildman–Crippen LogP) is 1.61. The summed E-state index contributed by atoms with van der Waals surface area (Å²) >= 11 is 0. The van der Waals surface area contributed by atoms with E-state index in [4.69, 9.17) is 0 Å². The van der Waals surface area contributed by atoms with Gasteiger partial charge in [-0.25, -0.2) is 12.8 Å². The highest BCUT2D eigenvalue weighted by Crippen LogP contribution is 2.25. The molecule has 1 aromatic rings. The Morgan fingerprint density at radius 3 is 2.43 bits per heavy atom. The van der Waals surface area contributed by atoms with Gasteiger partial charge in [-0.2, -0.15) is 4.39 Å². The van der Waals surface area contributed by atoms with Crippen LogP contribution >= 0.6 is 0 Å². The van der Waals surface area contributed by atoms with E-state index in [0.717, 1.165) is 0 Å². The van der Waals surface area contributed by atoms with E-state index < -0.39 is 38.0 Å². The summed E-state index contributed by atoms with van der Waals surface area (Å²) in [5.41, 5.74) is -1.66. The lowest BCUT2D eigenvalue weighted by Gasteiger charge is -2.11. The minimum absolute atomic E-state index is 0.0730. The molecule has 0 aliphatic rings. The van der Waals surface area contributed by atoms with Crippen molar-refractivity contribution in [3.05, 3.63) is 33.9 Å². The average Bonchev–Trinajstić information content (AvgIpc) is 2.31. The first kappa shape index (κ1) is 17.2. The topological polar surface area (TPSA) is 101 Å². The molecule has 0 aliphatic carbocycles. The molecule has 2 N–H and O–H groups in total. The normalized spacial score (nSPS) is 11.7. The number of anilines is 1. The molecule has 0 aliphatic heterocycles. The Kier molecular flexibility index (Phi) is 5.55. The van der Waals surface area contributed by atoms with Crippen molar-refractivity contribution < 1.29 is 22.1 Å². The number of nitrogens with one attached hydrogen (secondary N) is 2. The van der Waals surface area contributed by atoms with Crippen LogP contribution in [0.4, 0.5) is 20.2 Å². The fraction of sp³-hybridized carbons (Fsp3) is 0.455. The molecular formula is C11H15F2N3O4S. The van der Waals surface area contributed by atoms with Crippen molar-refractivity contribution in [3.8, 4) is 0 Å². The predicted molar refractivity (Wildman–Crippen MR) is 73.6 cm³/mol. The standard InChI is InChI=1S/C11H15F2N3O4S/c1-7(2)14-3-4-21(19,20)15-10-6-11(16(17)18)9(13)5-8(10)12/h5-7,14-15H,3-4H2,1-2H3. The SMILES string of the molecule is CC(C)NCCS(=O)(=O)Nc1cc([N+](=O)[O-])c(F)cc1F. The van der Waals surface area contributed by atoms with Gasteiger partial charge in [0, 0.05) is 24.7 Å². The monoisotopic (exact) mass is 323 g/mol. The van der Waals surface area contributed by atoms with Crippen molar-refractivity contribution in [2.75, 3.05) is 17.0 Å². The number of rotatable bonds is 7. The smallest absolute Gasteiger partial charge is 0.307 e. The van der Waals surface area contributed by atoms with Crippen LogP contribution in [0.5, 0.6) is 0 Å². The van der Waals surface area contributed by atoms with Crippen LogP contribution in [0.1, 0.15) is 13.8 Å². The zero-order valence-electron chi connectivity index (χ0n) is 11.4. The van der Waals surface area contributed by atoms with Gasteiger partial charge in [-0.1, -0.05) is 13.8 Å². The molecule has 0 aromatic heterocycles. The molecule has 1 aromatic carbocycles. The second-order valence-corrected chi connectivity index (χ2v) is 6.41. The average molecular weight is 323 g/mol. The maximum atomic E-state index is 13.5. The summed E-state index contributed by atoms with van der Waals surface area (Å²) < 4.78 is 51.9. The molecule has 7 nitrogen and oxygen atoms in total. The molecule has 0 unspecified atom stereocenters. The van der Waals surface area contributed by atoms with Crippen LogP contribution in [-0.4, -0.2) is 31.7 Å². The lowest BCUT2D eigenvalue weighted by atomic mass is 10.2. The molecule has 0 fully saturated rings. The van der Waals surface area contributed by atoms with E-state index in [1.165, 1.54) is 0 Å². The minimum Gasteiger partial charge on any atom is -0.313 e. The molecule has 0 amide bonds. The fourth-order valence-corrected chi connectivity index (χ4v) is 2.44. The van der Waals surface area contributed by atoms with Crippen LogP contribution in [0.2, 0.25) is 0 Å². The minimum atomic E-state index is -3.91. The third-order valence-electron chi connectivity index (χ3n) is 2.42. The van der Waals surface area contributed by atoms with Crippen LogP contribution in [-0.2, 0) is 10.0 Å². The summed E-state index contributed by atoms with van der Waals surface area (Å²) in [6, 6.07) is 0.851. The quantitative estimate of drug-likeness (QED) is 0.586. The number of benzene rings is 1. The van der Waals surface area contributed by atoms with E-state index >= 15 is 0 Å². The summed E-state index contributed by atoms with van der Waals surface area (Å²) in [6.45, 7) is 3.77. The Balaban J connectivity index is 2.91. The third kappa shape index (κ3) is 5.23. The van der Waals surface area contributed by atoms with Gasteiger partial charge >= 0.3 is 5.69 Å². The number of nitro groups is 1. The van der Waals surface area contributed by atoms with E-state index in [0.29, 0.717) is 6.07 Å². The number of hydrogen-bond acceptors (Lipinski definition) is 5. The van der Waals surface area contributed by atoms with E-state index in [-0.39, 0.29) is 24.4 Å². The lowest BCUT2D eigenvalue weighted by Crippen LogP contribution is -2.31. The van der Waals surface area contributed by atoms with Crippen molar-refractivity contribution in [1.82, 2.24) is 5.32 Å². The molecule has 0 saturated carbocycles. The molecule has 21 heavy (non-hydrogen) atoms. The highest BCUT2D eigenvalue weighted by molar-refractivity contribution is 7.92. The van der Waals surface area contributed by atoms with E-state index in [1.54, 1.807) is 0 Å².